The van der Waals surface area contributed by atoms with Gasteiger partial charge in [0.05, 0.1) is 11.1 Å². The Morgan fingerprint density at radius 3 is 2.17 bits per heavy atom. The highest BCUT2D eigenvalue weighted by Gasteiger charge is 2.28. The van der Waals surface area contributed by atoms with Gasteiger partial charge in [0.2, 0.25) is 15.9 Å². The van der Waals surface area contributed by atoms with Gasteiger partial charge in [-0.3, -0.25) is 9.48 Å². The SMILES string of the molecule is CNC(C(=O)N1CCN(c2ccc(S(N)(=O)=O)cc2)CC1)c1cnn(C)c1.Cl.Cl. The Labute approximate surface area is 183 Å². The zero-order chi connectivity index (χ0) is 19.6. The summed E-state index contributed by atoms with van der Waals surface area (Å²) in [4.78, 5) is 16.9. The van der Waals surface area contributed by atoms with Crippen molar-refractivity contribution in [3.63, 3.8) is 0 Å². The monoisotopic (exact) mass is 464 g/mol. The number of carbonyl (C=O) groups excluding carboxylic acids is 1. The van der Waals surface area contributed by atoms with Crippen LogP contribution in [0, 0.1) is 0 Å². The first-order valence-electron chi connectivity index (χ1n) is 8.62. The molecule has 0 aliphatic carbocycles. The molecule has 2 aromatic rings. The van der Waals surface area contributed by atoms with E-state index in [1.165, 1.54) is 12.1 Å². The normalized spacial score (nSPS) is 15.3. The van der Waals surface area contributed by atoms with Crippen LogP contribution in [0.1, 0.15) is 11.6 Å². The van der Waals surface area contributed by atoms with Gasteiger partial charge in [0, 0.05) is 50.7 Å². The van der Waals surface area contributed by atoms with E-state index < -0.39 is 16.1 Å². The molecule has 1 amide bonds. The van der Waals surface area contributed by atoms with Crippen LogP contribution in [0.2, 0.25) is 0 Å². The Kier molecular flexibility index (Phi) is 8.91. The lowest BCUT2D eigenvalue weighted by Gasteiger charge is -2.37. The molecule has 29 heavy (non-hydrogen) atoms. The summed E-state index contributed by atoms with van der Waals surface area (Å²) in [7, 11) is -0.110. The predicted molar refractivity (Wildman–Crippen MR) is 116 cm³/mol. The third-order valence-electron chi connectivity index (χ3n) is 4.72. The van der Waals surface area contributed by atoms with Gasteiger partial charge < -0.3 is 15.1 Å². The second-order valence-corrected chi connectivity index (χ2v) is 8.08. The minimum absolute atomic E-state index is 0. The van der Waals surface area contributed by atoms with Gasteiger partial charge in [0.15, 0.2) is 0 Å². The highest BCUT2D eigenvalue weighted by Crippen LogP contribution is 2.21. The van der Waals surface area contributed by atoms with E-state index >= 15 is 0 Å². The lowest BCUT2D eigenvalue weighted by molar-refractivity contribution is -0.133. The molecule has 1 aromatic carbocycles. The van der Waals surface area contributed by atoms with Crippen LogP contribution >= 0.6 is 24.8 Å². The Balaban J connectivity index is 0.00000210. The topological polar surface area (TPSA) is 114 Å². The molecule has 0 saturated carbocycles. The van der Waals surface area contributed by atoms with Crippen molar-refractivity contribution < 1.29 is 13.2 Å². The number of amides is 1. The Bertz CT molecular complexity index is 912. The number of piperazine rings is 1. The molecule has 162 valence electrons. The van der Waals surface area contributed by atoms with E-state index in [0.717, 1.165) is 11.3 Å². The number of anilines is 1. The number of nitrogens with zero attached hydrogens (tertiary/aromatic N) is 4. The van der Waals surface area contributed by atoms with Crippen molar-refractivity contribution in [2.24, 2.45) is 12.2 Å². The lowest BCUT2D eigenvalue weighted by Crippen LogP contribution is -2.51. The van der Waals surface area contributed by atoms with Gasteiger partial charge in [0.25, 0.3) is 0 Å². The smallest absolute Gasteiger partial charge is 0.244 e. The summed E-state index contributed by atoms with van der Waals surface area (Å²) in [5.74, 6) is 0.0229. The fourth-order valence-electron chi connectivity index (χ4n) is 3.24. The Morgan fingerprint density at radius 1 is 1.14 bits per heavy atom. The number of carbonyl (C=O) groups is 1. The van der Waals surface area contributed by atoms with Crippen molar-refractivity contribution in [2.45, 2.75) is 10.9 Å². The van der Waals surface area contributed by atoms with Crippen LogP contribution in [-0.4, -0.2) is 62.2 Å². The maximum absolute atomic E-state index is 12.9. The van der Waals surface area contributed by atoms with Crippen LogP contribution < -0.4 is 15.4 Å². The maximum Gasteiger partial charge on any atom is 0.244 e. The molecule has 1 fully saturated rings. The first-order valence-corrected chi connectivity index (χ1v) is 10.2. The van der Waals surface area contributed by atoms with Gasteiger partial charge >= 0.3 is 0 Å². The lowest BCUT2D eigenvalue weighted by atomic mass is 10.1. The van der Waals surface area contributed by atoms with E-state index in [-0.39, 0.29) is 35.6 Å². The van der Waals surface area contributed by atoms with Gasteiger partial charge in [-0.15, -0.1) is 24.8 Å². The number of nitrogens with one attached hydrogen (secondary N) is 1. The number of rotatable bonds is 5. The second kappa shape index (κ2) is 10.3. The van der Waals surface area contributed by atoms with Crippen molar-refractivity contribution >= 4 is 46.4 Å². The Hall–Kier alpha value is -1.85. The molecule has 2 heterocycles. The minimum atomic E-state index is -3.69. The number of halogens is 2. The third kappa shape index (κ3) is 5.83. The van der Waals surface area contributed by atoms with Crippen LogP contribution in [0.5, 0.6) is 0 Å². The first-order chi connectivity index (χ1) is 12.8. The predicted octanol–water partition coefficient (Wildman–Crippen LogP) is 0.520. The molecule has 1 atom stereocenters. The fraction of sp³-hybridized carbons (Fsp3) is 0.412. The molecule has 1 unspecified atom stereocenters. The first kappa shape index (κ1) is 25.2. The molecular formula is C17H26Cl2N6O3S. The molecule has 3 rings (SSSR count). The molecule has 1 aromatic heterocycles. The molecule has 3 N–H and O–H groups in total. The van der Waals surface area contributed by atoms with E-state index in [1.54, 1.807) is 30.1 Å². The summed E-state index contributed by atoms with van der Waals surface area (Å²) >= 11 is 0. The number of aryl methyl sites for hydroxylation is 1. The standard InChI is InChI=1S/C17H24N6O3S.2ClH/c1-19-16(13-11-20-21(2)12-13)17(24)23-9-7-22(8-10-23)14-3-5-15(6-4-14)27(18,25)26;;/h3-6,11-12,16,19H,7-10H2,1-2H3,(H2,18,25,26);2*1H. The molecule has 0 spiro atoms. The molecule has 1 aliphatic rings. The average Bonchev–Trinajstić information content (AvgIpc) is 3.08. The zero-order valence-corrected chi connectivity index (χ0v) is 18.6. The number of benzene rings is 1. The summed E-state index contributed by atoms with van der Waals surface area (Å²) in [6.07, 6.45) is 3.53. The average molecular weight is 465 g/mol. The van der Waals surface area contributed by atoms with Crippen LogP contribution in [0.15, 0.2) is 41.6 Å². The van der Waals surface area contributed by atoms with Crippen molar-refractivity contribution in [1.29, 1.82) is 0 Å². The highest BCUT2D eigenvalue weighted by atomic mass is 35.5. The number of sulfonamides is 1. The van der Waals surface area contributed by atoms with Crippen LogP contribution in [0.3, 0.4) is 0 Å². The third-order valence-corrected chi connectivity index (χ3v) is 5.64. The van der Waals surface area contributed by atoms with Gasteiger partial charge in [-0.1, -0.05) is 0 Å². The second-order valence-electron chi connectivity index (χ2n) is 6.52. The number of nitrogens with two attached hydrogens (primary N) is 1. The van der Waals surface area contributed by atoms with Crippen molar-refractivity contribution in [1.82, 2.24) is 20.0 Å². The molecule has 12 heteroatoms. The summed E-state index contributed by atoms with van der Waals surface area (Å²) < 4.78 is 24.4. The van der Waals surface area contributed by atoms with E-state index in [1.807, 2.05) is 18.1 Å². The van der Waals surface area contributed by atoms with E-state index in [4.69, 9.17) is 5.14 Å². The molecule has 0 bridgehead atoms. The van der Waals surface area contributed by atoms with Crippen LogP contribution in [0.4, 0.5) is 5.69 Å². The largest absolute Gasteiger partial charge is 0.368 e. The maximum atomic E-state index is 12.9. The Morgan fingerprint density at radius 2 is 1.72 bits per heavy atom. The molecule has 0 radical (unpaired) electrons. The van der Waals surface area contributed by atoms with Gasteiger partial charge in [-0.2, -0.15) is 5.10 Å². The van der Waals surface area contributed by atoms with E-state index in [9.17, 15) is 13.2 Å². The van der Waals surface area contributed by atoms with Crippen LogP contribution in [0.25, 0.3) is 0 Å². The highest BCUT2D eigenvalue weighted by molar-refractivity contribution is 7.89. The molecule has 1 saturated heterocycles. The van der Waals surface area contributed by atoms with Crippen molar-refractivity contribution in [2.75, 3.05) is 38.1 Å². The van der Waals surface area contributed by atoms with Crippen LogP contribution in [-0.2, 0) is 21.9 Å². The quantitative estimate of drug-likeness (QED) is 0.666. The number of hydrogen-bond donors (Lipinski definition) is 2. The van der Waals surface area contributed by atoms with Crippen molar-refractivity contribution in [3.8, 4) is 0 Å². The van der Waals surface area contributed by atoms with E-state index in [2.05, 4.69) is 15.3 Å². The fourth-order valence-corrected chi connectivity index (χ4v) is 3.75. The molecular weight excluding hydrogens is 439 g/mol. The molecule has 9 nitrogen and oxygen atoms in total. The summed E-state index contributed by atoms with van der Waals surface area (Å²) in [6, 6.07) is 6.06. The number of aromatic nitrogens is 2. The minimum Gasteiger partial charge on any atom is -0.368 e. The summed E-state index contributed by atoms with van der Waals surface area (Å²) in [6.45, 7) is 2.52. The van der Waals surface area contributed by atoms with Gasteiger partial charge in [0.1, 0.15) is 6.04 Å². The van der Waals surface area contributed by atoms with E-state index in [0.29, 0.717) is 26.2 Å². The molecule has 1 aliphatic heterocycles. The number of likely N-dealkylation sites (N-methyl/N-ethyl adjacent to an activating group) is 1. The zero-order valence-electron chi connectivity index (χ0n) is 16.2. The summed E-state index contributed by atoms with van der Waals surface area (Å²) in [5.41, 5.74) is 1.75. The number of primary sulfonamides is 1. The number of hydrogen-bond acceptors (Lipinski definition) is 6. The van der Waals surface area contributed by atoms with Crippen molar-refractivity contribution in [3.05, 3.63) is 42.2 Å². The summed E-state index contributed by atoms with van der Waals surface area (Å²) in [5, 5.41) is 12.3. The van der Waals surface area contributed by atoms with Gasteiger partial charge in [-0.05, 0) is 31.3 Å². The van der Waals surface area contributed by atoms with Gasteiger partial charge in [-0.25, -0.2) is 13.6 Å².